The molecule has 0 bridgehead atoms. The number of benzene rings is 1. The molecule has 0 saturated heterocycles. The van der Waals surface area contributed by atoms with Crippen LogP contribution < -0.4 is 21.3 Å². The van der Waals surface area contributed by atoms with Crippen molar-refractivity contribution in [3.63, 3.8) is 0 Å². The average Bonchev–Trinajstić information content (AvgIpc) is 2.82. The molecule has 0 radical (unpaired) electrons. The normalized spacial score (nSPS) is 14.5. The maximum absolute atomic E-state index is 14.5. The summed E-state index contributed by atoms with van der Waals surface area (Å²) in [6.45, 7) is 13.1. The van der Waals surface area contributed by atoms with E-state index in [0.717, 1.165) is 18.8 Å². The van der Waals surface area contributed by atoms with Crippen LogP contribution in [0.2, 0.25) is 0 Å². The number of anilines is 4. The molecule has 0 fully saturated rings. The number of nitrogens with zero attached hydrogens (tertiary/aromatic N) is 2. The van der Waals surface area contributed by atoms with Gasteiger partial charge in [-0.2, -0.15) is 0 Å². The molecule has 3 aromatic rings. The summed E-state index contributed by atoms with van der Waals surface area (Å²) in [5, 5.41) is 12.8. The van der Waals surface area contributed by atoms with Gasteiger partial charge in [0, 0.05) is 43.0 Å². The van der Waals surface area contributed by atoms with Gasteiger partial charge >= 0.3 is 0 Å². The van der Waals surface area contributed by atoms with Crippen molar-refractivity contribution in [2.75, 3.05) is 23.7 Å². The fraction of sp³-hybridized carbons (Fsp3) is 0.321. The number of nitrogens with one attached hydrogen (secondary N) is 4. The molecule has 1 aliphatic rings. The summed E-state index contributed by atoms with van der Waals surface area (Å²) < 4.78 is 14.5. The Hall–Kier alpha value is -3.78. The molecule has 3 heterocycles. The van der Waals surface area contributed by atoms with Crippen LogP contribution in [0.5, 0.6) is 0 Å². The summed E-state index contributed by atoms with van der Waals surface area (Å²) in [5.74, 6) is 0.679. The third-order valence-corrected chi connectivity index (χ3v) is 6.17. The van der Waals surface area contributed by atoms with E-state index >= 15 is 0 Å². The van der Waals surface area contributed by atoms with E-state index in [1.54, 1.807) is 30.3 Å². The van der Waals surface area contributed by atoms with Crippen molar-refractivity contribution < 1.29 is 9.18 Å². The van der Waals surface area contributed by atoms with Crippen molar-refractivity contribution in [2.24, 2.45) is 0 Å². The Labute approximate surface area is 211 Å². The van der Waals surface area contributed by atoms with E-state index in [2.05, 4.69) is 63.8 Å². The lowest BCUT2D eigenvalue weighted by atomic mass is 9.79. The van der Waals surface area contributed by atoms with Crippen LogP contribution in [0, 0.1) is 0 Å². The molecule has 4 N–H and O–H groups in total. The van der Waals surface area contributed by atoms with Gasteiger partial charge in [-0.1, -0.05) is 32.1 Å². The number of hydrogen-bond acceptors (Lipinski definition) is 6. The highest BCUT2D eigenvalue weighted by Crippen LogP contribution is 2.32. The first kappa shape index (κ1) is 25.3. The molecule has 1 aliphatic heterocycles. The Morgan fingerprint density at radius 1 is 1.19 bits per heavy atom. The summed E-state index contributed by atoms with van der Waals surface area (Å²) in [4.78, 5) is 21.6. The number of rotatable bonds is 8. The van der Waals surface area contributed by atoms with Gasteiger partial charge in [-0.05, 0) is 49.2 Å². The molecule has 0 spiro atoms. The Bertz CT molecular complexity index is 1280. The van der Waals surface area contributed by atoms with E-state index < -0.39 is 5.67 Å². The van der Waals surface area contributed by atoms with E-state index in [1.807, 2.05) is 6.07 Å². The van der Waals surface area contributed by atoms with Crippen molar-refractivity contribution in [1.82, 2.24) is 20.6 Å². The summed E-state index contributed by atoms with van der Waals surface area (Å²) in [7, 11) is 0. The predicted molar refractivity (Wildman–Crippen MR) is 143 cm³/mol. The van der Waals surface area contributed by atoms with Crippen LogP contribution in [0.25, 0.3) is 0 Å². The highest BCUT2D eigenvalue weighted by molar-refractivity contribution is 6.00. The maximum atomic E-state index is 14.5. The SMILES string of the molecule is C=CCNC(=O)c1cnc(Nc2ccc3c(c2)CNCC3(C)C)cc1Nc1cccc(C(C)(C)F)n1. The van der Waals surface area contributed by atoms with Crippen LogP contribution in [0.4, 0.5) is 27.4 Å². The van der Waals surface area contributed by atoms with E-state index in [9.17, 15) is 9.18 Å². The molecule has 1 aromatic carbocycles. The Balaban J connectivity index is 1.65. The number of carbonyl (C=O) groups is 1. The van der Waals surface area contributed by atoms with Crippen molar-refractivity contribution in [2.45, 2.75) is 45.3 Å². The lowest BCUT2D eigenvalue weighted by molar-refractivity contribution is 0.0958. The molecule has 7 nitrogen and oxygen atoms in total. The van der Waals surface area contributed by atoms with Gasteiger partial charge in [-0.25, -0.2) is 14.4 Å². The third kappa shape index (κ3) is 5.71. The monoisotopic (exact) mass is 488 g/mol. The second-order valence-electron chi connectivity index (χ2n) is 10.1. The van der Waals surface area contributed by atoms with Gasteiger partial charge in [0.05, 0.1) is 16.9 Å². The predicted octanol–water partition coefficient (Wildman–Crippen LogP) is 5.47. The molecular formula is C28H33FN6O. The number of halogens is 1. The third-order valence-electron chi connectivity index (χ3n) is 6.17. The molecule has 4 rings (SSSR count). The first-order valence-electron chi connectivity index (χ1n) is 12.0. The summed E-state index contributed by atoms with van der Waals surface area (Å²) in [6, 6.07) is 13.2. The average molecular weight is 489 g/mol. The minimum atomic E-state index is -1.59. The molecule has 0 saturated carbocycles. The Morgan fingerprint density at radius 2 is 2.00 bits per heavy atom. The molecular weight excluding hydrogens is 455 g/mol. The van der Waals surface area contributed by atoms with Crippen molar-refractivity contribution in [3.05, 3.63) is 83.7 Å². The minimum Gasteiger partial charge on any atom is -0.348 e. The lowest BCUT2D eigenvalue weighted by Crippen LogP contribution is -2.38. The van der Waals surface area contributed by atoms with E-state index in [4.69, 9.17) is 0 Å². The topological polar surface area (TPSA) is 91.0 Å². The molecule has 0 atom stereocenters. The lowest BCUT2D eigenvalue weighted by Gasteiger charge is -2.33. The number of alkyl halides is 1. The number of carbonyl (C=O) groups excluding carboxylic acids is 1. The van der Waals surface area contributed by atoms with Crippen LogP contribution in [0.15, 0.2) is 61.3 Å². The van der Waals surface area contributed by atoms with Crippen LogP contribution in [-0.4, -0.2) is 29.0 Å². The minimum absolute atomic E-state index is 0.0671. The van der Waals surface area contributed by atoms with Gasteiger partial charge in [-0.3, -0.25) is 4.79 Å². The number of amides is 1. The zero-order chi connectivity index (χ0) is 25.9. The van der Waals surface area contributed by atoms with Crippen LogP contribution >= 0.6 is 0 Å². The zero-order valence-corrected chi connectivity index (χ0v) is 21.2. The van der Waals surface area contributed by atoms with Crippen LogP contribution in [-0.2, 0) is 17.6 Å². The number of fused-ring (bicyclic) bond motifs is 1. The van der Waals surface area contributed by atoms with Gasteiger partial charge in [0.1, 0.15) is 17.3 Å². The quantitative estimate of drug-likeness (QED) is 0.315. The second-order valence-corrected chi connectivity index (χ2v) is 10.1. The fourth-order valence-corrected chi connectivity index (χ4v) is 4.27. The standard InChI is InChI=1S/C28H33FN6O/c1-6-12-31-26(36)20-16-32-25(14-22(20)34-24-9-7-8-23(35-24)28(4,5)29)33-19-10-11-21-18(13-19)15-30-17-27(21,2)3/h6-11,13-14,16,30H,1,12,15,17H2,2-5H3,(H,31,36)(H2,32,33,34,35). The first-order chi connectivity index (χ1) is 17.1. The highest BCUT2D eigenvalue weighted by Gasteiger charge is 2.27. The number of hydrogen-bond donors (Lipinski definition) is 4. The maximum Gasteiger partial charge on any atom is 0.255 e. The molecule has 36 heavy (non-hydrogen) atoms. The molecule has 0 unspecified atom stereocenters. The molecule has 0 aliphatic carbocycles. The van der Waals surface area contributed by atoms with Crippen molar-refractivity contribution in [3.8, 4) is 0 Å². The van der Waals surface area contributed by atoms with Gasteiger partial charge in [0.25, 0.3) is 5.91 Å². The van der Waals surface area contributed by atoms with E-state index in [0.29, 0.717) is 35.1 Å². The van der Waals surface area contributed by atoms with Crippen LogP contribution in [0.1, 0.15) is 54.9 Å². The fourth-order valence-electron chi connectivity index (χ4n) is 4.27. The zero-order valence-electron chi connectivity index (χ0n) is 21.2. The second kappa shape index (κ2) is 10.1. The van der Waals surface area contributed by atoms with Gasteiger partial charge < -0.3 is 21.3 Å². The highest BCUT2D eigenvalue weighted by atomic mass is 19.1. The largest absolute Gasteiger partial charge is 0.348 e. The Morgan fingerprint density at radius 3 is 2.75 bits per heavy atom. The number of pyridine rings is 2. The number of aromatic nitrogens is 2. The summed E-state index contributed by atoms with van der Waals surface area (Å²) in [6.07, 6.45) is 3.12. The van der Waals surface area contributed by atoms with Gasteiger partial charge in [0.2, 0.25) is 0 Å². The Kier molecular flexibility index (Phi) is 7.08. The molecule has 1 amide bonds. The summed E-state index contributed by atoms with van der Waals surface area (Å²) in [5.41, 5.74) is 3.07. The molecule has 8 heteroatoms. The van der Waals surface area contributed by atoms with E-state index in [-0.39, 0.29) is 11.3 Å². The molecule has 2 aromatic heterocycles. The van der Waals surface area contributed by atoms with Crippen molar-refractivity contribution >= 4 is 28.9 Å². The van der Waals surface area contributed by atoms with E-state index in [1.165, 1.54) is 31.2 Å². The van der Waals surface area contributed by atoms with Gasteiger partial charge in [0.15, 0.2) is 0 Å². The van der Waals surface area contributed by atoms with Crippen LogP contribution in [0.3, 0.4) is 0 Å². The molecule has 188 valence electrons. The summed E-state index contributed by atoms with van der Waals surface area (Å²) >= 11 is 0. The van der Waals surface area contributed by atoms with Crippen molar-refractivity contribution in [1.29, 1.82) is 0 Å². The smallest absolute Gasteiger partial charge is 0.255 e. The first-order valence-corrected chi connectivity index (χ1v) is 12.0. The van der Waals surface area contributed by atoms with Gasteiger partial charge in [-0.15, -0.1) is 6.58 Å².